The van der Waals surface area contributed by atoms with Crippen molar-refractivity contribution in [2.24, 2.45) is 11.8 Å². The number of carbonyl (C=O) groups is 1. The maximum atomic E-state index is 11.7. The van der Waals surface area contributed by atoms with Crippen LogP contribution in [0.4, 0.5) is 0 Å². The zero-order valence-electron chi connectivity index (χ0n) is 9.44. The number of hydrogen-bond acceptors (Lipinski definition) is 4. The van der Waals surface area contributed by atoms with Crippen LogP contribution in [0.25, 0.3) is 0 Å². The van der Waals surface area contributed by atoms with Gasteiger partial charge < -0.3 is 10.1 Å². The normalized spacial score (nSPS) is 24.6. The summed E-state index contributed by atoms with van der Waals surface area (Å²) in [6.45, 7) is 4.28. The Hall–Kier alpha value is -0.870. The molecule has 1 aromatic heterocycles. The largest absolute Gasteiger partial charge is 0.465 e. The highest BCUT2D eigenvalue weighted by atomic mass is 32.1. The third kappa shape index (κ3) is 2.83. The van der Waals surface area contributed by atoms with E-state index in [1.165, 1.54) is 4.88 Å². The lowest BCUT2D eigenvalue weighted by Gasteiger charge is -2.12. The minimum Gasteiger partial charge on any atom is -0.465 e. The summed E-state index contributed by atoms with van der Waals surface area (Å²) in [5.41, 5.74) is 0. The molecular formula is C12H17NO2S. The Bertz CT molecular complexity index is 337. The van der Waals surface area contributed by atoms with E-state index < -0.39 is 0 Å². The molecule has 0 saturated carbocycles. The van der Waals surface area contributed by atoms with Crippen LogP contribution in [-0.2, 0) is 16.0 Å². The molecule has 1 N–H and O–H groups in total. The molecule has 0 aromatic carbocycles. The van der Waals surface area contributed by atoms with Crippen molar-refractivity contribution >= 4 is 17.3 Å². The van der Waals surface area contributed by atoms with Crippen molar-refractivity contribution in [3.05, 3.63) is 22.4 Å². The fourth-order valence-electron chi connectivity index (χ4n) is 1.94. The number of esters is 1. The van der Waals surface area contributed by atoms with E-state index >= 15 is 0 Å². The molecule has 2 heterocycles. The molecule has 16 heavy (non-hydrogen) atoms. The Balaban J connectivity index is 1.71. The second-order valence-electron chi connectivity index (χ2n) is 4.24. The van der Waals surface area contributed by atoms with Gasteiger partial charge in [0.2, 0.25) is 0 Å². The molecule has 4 heteroatoms. The van der Waals surface area contributed by atoms with Crippen LogP contribution in [0.3, 0.4) is 0 Å². The molecule has 0 bridgehead atoms. The zero-order valence-corrected chi connectivity index (χ0v) is 10.3. The number of ether oxygens (including phenoxy) is 1. The number of hydrogen-bond donors (Lipinski definition) is 1. The molecule has 1 saturated heterocycles. The van der Waals surface area contributed by atoms with Crippen LogP contribution in [-0.4, -0.2) is 25.7 Å². The maximum absolute atomic E-state index is 11.7. The predicted molar refractivity (Wildman–Crippen MR) is 64.5 cm³/mol. The van der Waals surface area contributed by atoms with Gasteiger partial charge in [-0.05, 0) is 23.9 Å². The van der Waals surface area contributed by atoms with Gasteiger partial charge in [-0.1, -0.05) is 13.0 Å². The number of thiophene rings is 1. The average molecular weight is 239 g/mol. The Morgan fingerprint density at radius 2 is 2.50 bits per heavy atom. The Morgan fingerprint density at radius 3 is 3.12 bits per heavy atom. The fourth-order valence-corrected chi connectivity index (χ4v) is 2.63. The SMILES string of the molecule is CC1CNCC1C(=O)OCCc1cccs1. The summed E-state index contributed by atoms with van der Waals surface area (Å²) in [7, 11) is 0. The van der Waals surface area contributed by atoms with Crippen LogP contribution < -0.4 is 5.32 Å². The summed E-state index contributed by atoms with van der Waals surface area (Å²) < 4.78 is 5.30. The summed E-state index contributed by atoms with van der Waals surface area (Å²) in [4.78, 5) is 13.0. The number of rotatable bonds is 4. The first-order valence-corrected chi connectivity index (χ1v) is 6.55. The van der Waals surface area contributed by atoms with Gasteiger partial charge in [-0.2, -0.15) is 0 Å². The van der Waals surface area contributed by atoms with E-state index in [4.69, 9.17) is 4.74 Å². The summed E-state index contributed by atoms with van der Waals surface area (Å²) in [5.74, 6) is 0.395. The molecule has 0 radical (unpaired) electrons. The van der Waals surface area contributed by atoms with Crippen molar-refractivity contribution in [2.45, 2.75) is 13.3 Å². The predicted octanol–water partition coefficient (Wildman–Crippen LogP) is 1.69. The third-order valence-electron chi connectivity index (χ3n) is 2.99. The molecular weight excluding hydrogens is 222 g/mol. The molecule has 2 atom stereocenters. The lowest BCUT2D eigenvalue weighted by atomic mass is 9.99. The zero-order chi connectivity index (χ0) is 11.4. The van der Waals surface area contributed by atoms with Gasteiger partial charge in [0.25, 0.3) is 0 Å². The van der Waals surface area contributed by atoms with Crippen molar-refractivity contribution < 1.29 is 9.53 Å². The smallest absolute Gasteiger partial charge is 0.310 e. The Labute approximate surface area is 99.8 Å². The van der Waals surface area contributed by atoms with Crippen molar-refractivity contribution in [1.29, 1.82) is 0 Å². The first-order valence-electron chi connectivity index (χ1n) is 5.67. The van der Waals surface area contributed by atoms with E-state index in [2.05, 4.69) is 18.3 Å². The summed E-state index contributed by atoms with van der Waals surface area (Å²) in [6, 6.07) is 4.09. The topological polar surface area (TPSA) is 38.3 Å². The van der Waals surface area contributed by atoms with Crippen LogP contribution in [0.15, 0.2) is 17.5 Å². The monoisotopic (exact) mass is 239 g/mol. The second kappa shape index (κ2) is 5.46. The molecule has 0 spiro atoms. The number of carbonyl (C=O) groups excluding carboxylic acids is 1. The molecule has 1 fully saturated rings. The molecule has 0 aliphatic carbocycles. The van der Waals surface area contributed by atoms with Gasteiger partial charge in [0.05, 0.1) is 12.5 Å². The number of nitrogens with one attached hydrogen (secondary N) is 1. The van der Waals surface area contributed by atoms with Crippen LogP contribution in [0, 0.1) is 11.8 Å². The quantitative estimate of drug-likeness (QED) is 0.813. The molecule has 3 nitrogen and oxygen atoms in total. The maximum Gasteiger partial charge on any atom is 0.310 e. The second-order valence-corrected chi connectivity index (χ2v) is 5.27. The van der Waals surface area contributed by atoms with E-state index in [0.29, 0.717) is 12.5 Å². The minimum atomic E-state index is -0.0472. The highest BCUT2D eigenvalue weighted by Gasteiger charge is 2.30. The van der Waals surface area contributed by atoms with Crippen LogP contribution in [0.1, 0.15) is 11.8 Å². The Morgan fingerprint density at radius 1 is 1.62 bits per heavy atom. The molecule has 1 aliphatic heterocycles. The molecule has 2 unspecified atom stereocenters. The van der Waals surface area contributed by atoms with Crippen molar-refractivity contribution in [3.63, 3.8) is 0 Å². The summed E-state index contributed by atoms with van der Waals surface area (Å²) >= 11 is 1.70. The van der Waals surface area contributed by atoms with E-state index in [9.17, 15) is 4.79 Å². The van der Waals surface area contributed by atoms with Gasteiger partial charge in [-0.15, -0.1) is 11.3 Å². The fraction of sp³-hybridized carbons (Fsp3) is 0.583. The molecule has 1 aliphatic rings. The average Bonchev–Trinajstić information content (AvgIpc) is 2.88. The molecule has 1 aromatic rings. The van der Waals surface area contributed by atoms with E-state index in [1.807, 2.05) is 11.4 Å². The van der Waals surface area contributed by atoms with Gasteiger partial charge in [-0.3, -0.25) is 4.79 Å². The highest BCUT2D eigenvalue weighted by Crippen LogP contribution is 2.17. The van der Waals surface area contributed by atoms with Crippen LogP contribution >= 0.6 is 11.3 Å². The lowest BCUT2D eigenvalue weighted by molar-refractivity contribution is -0.148. The van der Waals surface area contributed by atoms with E-state index in [-0.39, 0.29) is 11.9 Å². The summed E-state index contributed by atoms with van der Waals surface area (Å²) in [5, 5.41) is 5.25. The van der Waals surface area contributed by atoms with Crippen molar-refractivity contribution in [2.75, 3.05) is 19.7 Å². The first-order chi connectivity index (χ1) is 7.77. The lowest BCUT2D eigenvalue weighted by Crippen LogP contribution is -2.24. The van der Waals surface area contributed by atoms with Crippen LogP contribution in [0.2, 0.25) is 0 Å². The third-order valence-corrected chi connectivity index (χ3v) is 3.93. The van der Waals surface area contributed by atoms with Crippen molar-refractivity contribution in [1.82, 2.24) is 5.32 Å². The Kier molecular flexibility index (Phi) is 3.96. The van der Waals surface area contributed by atoms with Gasteiger partial charge in [0.15, 0.2) is 0 Å². The summed E-state index contributed by atoms with van der Waals surface area (Å²) in [6.07, 6.45) is 0.831. The minimum absolute atomic E-state index is 0.0448. The van der Waals surface area contributed by atoms with Crippen molar-refractivity contribution in [3.8, 4) is 0 Å². The van der Waals surface area contributed by atoms with E-state index in [1.54, 1.807) is 11.3 Å². The molecule has 2 rings (SSSR count). The highest BCUT2D eigenvalue weighted by molar-refractivity contribution is 7.09. The standard InChI is InChI=1S/C12H17NO2S/c1-9-7-13-8-11(9)12(14)15-5-4-10-3-2-6-16-10/h2-3,6,9,11,13H,4-5,7-8H2,1H3. The van der Waals surface area contributed by atoms with Gasteiger partial charge in [0, 0.05) is 17.8 Å². The van der Waals surface area contributed by atoms with Gasteiger partial charge in [0.1, 0.15) is 0 Å². The van der Waals surface area contributed by atoms with Crippen LogP contribution in [0.5, 0.6) is 0 Å². The van der Waals surface area contributed by atoms with Gasteiger partial charge >= 0.3 is 5.97 Å². The molecule has 0 amide bonds. The first kappa shape index (κ1) is 11.6. The molecule has 88 valence electrons. The van der Waals surface area contributed by atoms with E-state index in [0.717, 1.165) is 19.5 Å². The van der Waals surface area contributed by atoms with Gasteiger partial charge in [-0.25, -0.2) is 0 Å².